The van der Waals surface area contributed by atoms with Gasteiger partial charge in [0.2, 0.25) is 0 Å². The molecule has 0 heterocycles. The normalized spacial score (nSPS) is 18.3. The Morgan fingerprint density at radius 2 is 2.00 bits per heavy atom. The first-order chi connectivity index (χ1) is 9.26. The summed E-state index contributed by atoms with van der Waals surface area (Å²) in [6.45, 7) is 5.32. The van der Waals surface area contributed by atoms with Crippen molar-refractivity contribution in [3.05, 3.63) is 29.3 Å². The number of hydrogen-bond acceptors (Lipinski definition) is 2. The quantitative estimate of drug-likeness (QED) is 0.856. The smallest absolute Gasteiger partial charge is 0.122 e. The molecule has 2 rings (SSSR count). The number of nitrogens with one attached hydrogen (secondary N) is 1. The van der Waals surface area contributed by atoms with E-state index in [0.29, 0.717) is 6.04 Å². The molecule has 1 saturated carbocycles. The predicted molar refractivity (Wildman–Crippen MR) is 80.7 cm³/mol. The number of aryl methyl sites for hydroxylation is 1. The minimum atomic E-state index is 0.486. The molecule has 0 amide bonds. The largest absolute Gasteiger partial charge is 0.496 e. The van der Waals surface area contributed by atoms with Gasteiger partial charge in [0.05, 0.1) is 7.11 Å². The Kier molecular flexibility index (Phi) is 5.26. The van der Waals surface area contributed by atoms with Crippen LogP contribution in [0.5, 0.6) is 5.75 Å². The van der Waals surface area contributed by atoms with Crippen LogP contribution in [0.1, 0.15) is 56.2 Å². The van der Waals surface area contributed by atoms with E-state index >= 15 is 0 Å². The molecule has 0 radical (unpaired) electrons. The van der Waals surface area contributed by atoms with E-state index in [0.717, 1.165) is 18.2 Å². The van der Waals surface area contributed by atoms with E-state index in [1.165, 1.54) is 43.2 Å². The highest BCUT2D eigenvalue weighted by Gasteiger charge is 2.24. The summed E-state index contributed by atoms with van der Waals surface area (Å²) in [5.74, 6) is 1.79. The van der Waals surface area contributed by atoms with Crippen molar-refractivity contribution in [1.82, 2.24) is 5.32 Å². The molecule has 2 nitrogen and oxygen atoms in total. The highest BCUT2D eigenvalue weighted by molar-refractivity contribution is 5.38. The third-order valence-corrected chi connectivity index (χ3v) is 4.34. The summed E-state index contributed by atoms with van der Waals surface area (Å²) in [5.41, 5.74) is 2.60. The van der Waals surface area contributed by atoms with Gasteiger partial charge in [0.1, 0.15) is 5.75 Å². The Hall–Kier alpha value is -1.02. The molecule has 0 bridgehead atoms. The van der Waals surface area contributed by atoms with Gasteiger partial charge in [-0.2, -0.15) is 0 Å². The average Bonchev–Trinajstić information content (AvgIpc) is 2.46. The van der Waals surface area contributed by atoms with Crippen LogP contribution in [0, 0.1) is 12.8 Å². The van der Waals surface area contributed by atoms with E-state index in [1.54, 1.807) is 7.11 Å². The van der Waals surface area contributed by atoms with Gasteiger partial charge in [-0.15, -0.1) is 0 Å². The Morgan fingerprint density at radius 1 is 1.26 bits per heavy atom. The molecule has 106 valence electrons. The van der Waals surface area contributed by atoms with Crippen molar-refractivity contribution in [2.45, 2.75) is 52.0 Å². The van der Waals surface area contributed by atoms with Crippen LogP contribution in [0.3, 0.4) is 0 Å². The Bertz CT molecular complexity index is 396. The van der Waals surface area contributed by atoms with Crippen LogP contribution in [0.25, 0.3) is 0 Å². The van der Waals surface area contributed by atoms with Crippen molar-refractivity contribution in [3.8, 4) is 5.75 Å². The minimum absolute atomic E-state index is 0.486. The van der Waals surface area contributed by atoms with Crippen molar-refractivity contribution in [2.75, 3.05) is 13.7 Å². The predicted octanol–water partition coefficient (Wildman–Crippen LogP) is 4.23. The topological polar surface area (TPSA) is 21.3 Å². The zero-order valence-corrected chi connectivity index (χ0v) is 12.5. The molecule has 1 unspecified atom stereocenters. The maximum atomic E-state index is 5.47. The molecule has 0 aliphatic heterocycles. The van der Waals surface area contributed by atoms with Gasteiger partial charge in [0.25, 0.3) is 0 Å². The SMILES string of the molecule is CCNC(c1ccc(C)c(OC)c1)C1CCCCC1. The monoisotopic (exact) mass is 261 g/mol. The van der Waals surface area contributed by atoms with Gasteiger partial charge in [0.15, 0.2) is 0 Å². The maximum absolute atomic E-state index is 5.47. The number of methoxy groups -OCH3 is 1. The van der Waals surface area contributed by atoms with E-state index in [4.69, 9.17) is 4.74 Å². The molecule has 1 aliphatic carbocycles. The Balaban J connectivity index is 2.22. The number of hydrogen-bond donors (Lipinski definition) is 1. The van der Waals surface area contributed by atoms with Crippen molar-refractivity contribution < 1.29 is 4.74 Å². The molecule has 0 spiro atoms. The van der Waals surface area contributed by atoms with Crippen LogP contribution in [-0.2, 0) is 0 Å². The molecule has 1 aromatic carbocycles. The Morgan fingerprint density at radius 3 is 2.63 bits per heavy atom. The van der Waals surface area contributed by atoms with Gasteiger partial charge in [-0.1, -0.05) is 38.3 Å². The van der Waals surface area contributed by atoms with Gasteiger partial charge in [0, 0.05) is 6.04 Å². The summed E-state index contributed by atoms with van der Waals surface area (Å²) in [5, 5.41) is 3.68. The van der Waals surface area contributed by atoms with Crippen LogP contribution in [-0.4, -0.2) is 13.7 Å². The van der Waals surface area contributed by atoms with E-state index in [9.17, 15) is 0 Å². The molecule has 1 aliphatic rings. The van der Waals surface area contributed by atoms with Crippen LogP contribution in [0.4, 0.5) is 0 Å². The number of rotatable bonds is 5. The lowest BCUT2D eigenvalue weighted by Crippen LogP contribution is -2.29. The lowest BCUT2D eigenvalue weighted by molar-refractivity contribution is 0.274. The molecule has 1 N–H and O–H groups in total. The first kappa shape index (κ1) is 14.4. The van der Waals surface area contributed by atoms with Gasteiger partial charge in [-0.05, 0) is 49.4 Å². The second-order valence-electron chi connectivity index (χ2n) is 5.66. The highest BCUT2D eigenvalue weighted by Crippen LogP contribution is 2.35. The van der Waals surface area contributed by atoms with Crippen molar-refractivity contribution >= 4 is 0 Å². The maximum Gasteiger partial charge on any atom is 0.122 e. The van der Waals surface area contributed by atoms with E-state index < -0.39 is 0 Å². The van der Waals surface area contributed by atoms with Crippen LogP contribution in [0.15, 0.2) is 18.2 Å². The first-order valence-electron chi connectivity index (χ1n) is 7.64. The zero-order chi connectivity index (χ0) is 13.7. The van der Waals surface area contributed by atoms with Gasteiger partial charge in [-0.3, -0.25) is 0 Å². The molecule has 19 heavy (non-hydrogen) atoms. The molecule has 0 aromatic heterocycles. The number of ether oxygens (including phenoxy) is 1. The van der Waals surface area contributed by atoms with Gasteiger partial charge >= 0.3 is 0 Å². The summed E-state index contributed by atoms with van der Waals surface area (Å²) >= 11 is 0. The number of benzene rings is 1. The average molecular weight is 261 g/mol. The summed E-state index contributed by atoms with van der Waals surface area (Å²) in [7, 11) is 1.76. The van der Waals surface area contributed by atoms with Crippen LogP contribution < -0.4 is 10.1 Å². The van der Waals surface area contributed by atoms with Gasteiger partial charge < -0.3 is 10.1 Å². The Labute approximate surface area is 117 Å². The molecular formula is C17H27NO. The van der Waals surface area contributed by atoms with Crippen LogP contribution in [0.2, 0.25) is 0 Å². The fourth-order valence-electron chi connectivity index (χ4n) is 3.27. The van der Waals surface area contributed by atoms with Crippen molar-refractivity contribution in [3.63, 3.8) is 0 Å². The summed E-state index contributed by atoms with van der Waals surface area (Å²) in [6.07, 6.45) is 6.89. The molecule has 2 heteroatoms. The molecule has 1 atom stereocenters. The third-order valence-electron chi connectivity index (χ3n) is 4.34. The first-order valence-corrected chi connectivity index (χ1v) is 7.64. The summed E-state index contributed by atoms with van der Waals surface area (Å²) < 4.78 is 5.47. The van der Waals surface area contributed by atoms with Crippen LogP contribution >= 0.6 is 0 Å². The standard InChI is InChI=1S/C17H27NO/c1-4-18-17(14-8-6-5-7-9-14)15-11-10-13(2)16(12-15)19-3/h10-12,14,17-18H,4-9H2,1-3H3. The van der Waals surface area contributed by atoms with Crippen molar-refractivity contribution in [2.24, 2.45) is 5.92 Å². The molecule has 0 saturated heterocycles. The van der Waals surface area contributed by atoms with E-state index in [1.807, 2.05) is 0 Å². The zero-order valence-electron chi connectivity index (χ0n) is 12.5. The van der Waals surface area contributed by atoms with Gasteiger partial charge in [-0.25, -0.2) is 0 Å². The molecule has 1 aromatic rings. The van der Waals surface area contributed by atoms with E-state index in [2.05, 4.69) is 37.4 Å². The summed E-state index contributed by atoms with van der Waals surface area (Å²) in [4.78, 5) is 0. The highest BCUT2D eigenvalue weighted by atomic mass is 16.5. The third kappa shape index (κ3) is 3.50. The fraction of sp³-hybridized carbons (Fsp3) is 0.647. The lowest BCUT2D eigenvalue weighted by Gasteiger charge is -2.31. The lowest BCUT2D eigenvalue weighted by atomic mass is 9.81. The fourth-order valence-corrected chi connectivity index (χ4v) is 3.27. The molecular weight excluding hydrogens is 234 g/mol. The van der Waals surface area contributed by atoms with E-state index in [-0.39, 0.29) is 0 Å². The second kappa shape index (κ2) is 6.95. The second-order valence-corrected chi connectivity index (χ2v) is 5.66. The summed E-state index contributed by atoms with van der Waals surface area (Å²) in [6, 6.07) is 7.15. The minimum Gasteiger partial charge on any atom is -0.496 e. The van der Waals surface area contributed by atoms with Crippen molar-refractivity contribution in [1.29, 1.82) is 0 Å². The molecule has 1 fully saturated rings.